The van der Waals surface area contributed by atoms with Gasteiger partial charge in [-0.05, 0) is 5.92 Å². The lowest BCUT2D eigenvalue weighted by atomic mass is 10.1. The fourth-order valence-corrected chi connectivity index (χ4v) is 1.90. The van der Waals surface area contributed by atoms with Crippen molar-refractivity contribution in [2.24, 2.45) is 0 Å². The minimum atomic E-state index is -0.957. The van der Waals surface area contributed by atoms with Crippen molar-refractivity contribution in [3.63, 3.8) is 0 Å². The van der Waals surface area contributed by atoms with Crippen molar-refractivity contribution in [2.75, 3.05) is 12.4 Å². The molecule has 72 valence electrons. The average molecular weight is 200 g/mol. The Labute approximate surface area is 80.6 Å². The fraction of sp³-hybridized carbons (Fsp3) is 0.500. The van der Waals surface area contributed by atoms with Crippen molar-refractivity contribution in [3.05, 3.63) is 10.6 Å². The summed E-state index contributed by atoms with van der Waals surface area (Å²) in [4.78, 5) is 15.5. The number of thiazole rings is 1. The van der Waals surface area contributed by atoms with E-state index in [0.717, 1.165) is 4.88 Å². The van der Waals surface area contributed by atoms with Crippen LogP contribution in [0.1, 0.15) is 35.1 Å². The molecule has 4 nitrogen and oxygen atoms in total. The smallest absolute Gasteiger partial charge is 0.355 e. The van der Waals surface area contributed by atoms with E-state index >= 15 is 0 Å². The van der Waals surface area contributed by atoms with Crippen molar-refractivity contribution >= 4 is 22.4 Å². The molecule has 5 heteroatoms. The lowest BCUT2D eigenvalue weighted by Crippen LogP contribution is -2.02. The van der Waals surface area contributed by atoms with Gasteiger partial charge >= 0.3 is 5.97 Å². The molecule has 0 saturated carbocycles. The predicted octanol–water partition coefficient (Wildman–Crippen LogP) is 2.01. The first-order valence-corrected chi connectivity index (χ1v) is 4.79. The Hall–Kier alpha value is -1.10. The molecular formula is C8H12N2O2S. The summed E-state index contributed by atoms with van der Waals surface area (Å²) in [6.07, 6.45) is 0. The second-order valence-electron chi connectivity index (χ2n) is 2.94. The number of rotatable bonds is 3. The topological polar surface area (TPSA) is 62.2 Å². The van der Waals surface area contributed by atoms with E-state index in [1.54, 1.807) is 7.05 Å². The molecule has 1 heterocycles. The van der Waals surface area contributed by atoms with Crippen LogP contribution in [0.3, 0.4) is 0 Å². The summed E-state index contributed by atoms with van der Waals surface area (Å²) < 4.78 is 0. The summed E-state index contributed by atoms with van der Waals surface area (Å²) in [6, 6.07) is 0. The van der Waals surface area contributed by atoms with Crippen LogP contribution in [0.25, 0.3) is 0 Å². The Morgan fingerprint density at radius 1 is 1.62 bits per heavy atom. The van der Waals surface area contributed by atoms with Crippen molar-refractivity contribution < 1.29 is 9.90 Å². The quantitative estimate of drug-likeness (QED) is 0.783. The van der Waals surface area contributed by atoms with E-state index in [-0.39, 0.29) is 11.6 Å². The fourth-order valence-electron chi connectivity index (χ4n) is 0.983. The molecule has 0 unspecified atom stereocenters. The summed E-state index contributed by atoms with van der Waals surface area (Å²) in [5, 5.41) is 12.3. The molecule has 0 aliphatic heterocycles. The minimum Gasteiger partial charge on any atom is -0.476 e. The van der Waals surface area contributed by atoms with Crippen molar-refractivity contribution in [3.8, 4) is 0 Å². The summed E-state index contributed by atoms with van der Waals surface area (Å²) in [6.45, 7) is 3.92. The number of hydrogen-bond acceptors (Lipinski definition) is 4. The van der Waals surface area contributed by atoms with Gasteiger partial charge in [0.2, 0.25) is 0 Å². The Morgan fingerprint density at radius 3 is 2.54 bits per heavy atom. The number of aromatic nitrogens is 1. The second-order valence-corrected chi connectivity index (χ2v) is 3.97. The van der Waals surface area contributed by atoms with Gasteiger partial charge in [0.05, 0.1) is 0 Å². The van der Waals surface area contributed by atoms with Crippen LogP contribution < -0.4 is 5.32 Å². The van der Waals surface area contributed by atoms with E-state index in [1.807, 2.05) is 13.8 Å². The number of nitrogens with one attached hydrogen (secondary N) is 1. The van der Waals surface area contributed by atoms with Crippen LogP contribution in [0.4, 0.5) is 5.13 Å². The molecule has 0 saturated heterocycles. The maximum absolute atomic E-state index is 10.8. The van der Waals surface area contributed by atoms with Gasteiger partial charge in [0.15, 0.2) is 10.8 Å². The van der Waals surface area contributed by atoms with Gasteiger partial charge in [-0.3, -0.25) is 0 Å². The first-order valence-electron chi connectivity index (χ1n) is 3.98. The molecule has 0 aromatic carbocycles. The van der Waals surface area contributed by atoms with E-state index in [2.05, 4.69) is 10.3 Å². The number of hydrogen-bond donors (Lipinski definition) is 2. The van der Waals surface area contributed by atoms with Gasteiger partial charge in [-0.1, -0.05) is 13.8 Å². The maximum atomic E-state index is 10.8. The zero-order valence-corrected chi connectivity index (χ0v) is 8.60. The maximum Gasteiger partial charge on any atom is 0.355 e. The Morgan fingerprint density at radius 2 is 2.23 bits per heavy atom. The van der Waals surface area contributed by atoms with E-state index in [0.29, 0.717) is 5.13 Å². The Balaban J connectivity index is 3.15. The Bertz CT molecular complexity index is 320. The van der Waals surface area contributed by atoms with Crippen LogP contribution in [-0.4, -0.2) is 23.1 Å². The standard InChI is InChI=1S/C8H12N2O2S/c1-4(2)6-5(7(11)12)10-8(9-3)13-6/h4H,1-3H3,(H,9,10)(H,11,12). The van der Waals surface area contributed by atoms with E-state index in [9.17, 15) is 4.79 Å². The second kappa shape index (κ2) is 3.74. The minimum absolute atomic E-state index is 0.171. The summed E-state index contributed by atoms with van der Waals surface area (Å²) in [5.41, 5.74) is 0.171. The molecule has 1 aromatic heterocycles. The number of carboxylic acids is 1. The summed E-state index contributed by atoms with van der Waals surface area (Å²) in [5.74, 6) is -0.757. The predicted molar refractivity (Wildman–Crippen MR) is 52.7 cm³/mol. The van der Waals surface area contributed by atoms with Crippen molar-refractivity contribution in [1.82, 2.24) is 4.98 Å². The largest absolute Gasteiger partial charge is 0.476 e. The number of carboxylic acid groups (broad SMARTS) is 1. The highest BCUT2D eigenvalue weighted by molar-refractivity contribution is 7.16. The molecular weight excluding hydrogens is 188 g/mol. The molecule has 1 rings (SSSR count). The van der Waals surface area contributed by atoms with Gasteiger partial charge in [-0.15, -0.1) is 11.3 Å². The van der Waals surface area contributed by atoms with Crippen LogP contribution >= 0.6 is 11.3 Å². The zero-order chi connectivity index (χ0) is 10.0. The first kappa shape index (κ1) is 9.98. The molecule has 13 heavy (non-hydrogen) atoms. The van der Waals surface area contributed by atoms with E-state index < -0.39 is 5.97 Å². The SMILES string of the molecule is CNc1nc(C(=O)O)c(C(C)C)s1. The van der Waals surface area contributed by atoms with Gasteiger partial charge in [-0.25, -0.2) is 9.78 Å². The van der Waals surface area contributed by atoms with Gasteiger partial charge in [0.1, 0.15) is 0 Å². The molecule has 0 bridgehead atoms. The molecule has 0 aliphatic rings. The number of aromatic carboxylic acids is 1. The highest BCUT2D eigenvalue weighted by Gasteiger charge is 2.18. The van der Waals surface area contributed by atoms with Crippen LogP contribution in [0.2, 0.25) is 0 Å². The summed E-state index contributed by atoms with van der Waals surface area (Å²) >= 11 is 1.39. The molecule has 2 N–H and O–H groups in total. The third-order valence-electron chi connectivity index (χ3n) is 1.59. The van der Waals surface area contributed by atoms with Gasteiger partial charge in [0, 0.05) is 11.9 Å². The third-order valence-corrected chi connectivity index (χ3v) is 2.97. The third kappa shape index (κ3) is 1.98. The highest BCUT2D eigenvalue weighted by Crippen LogP contribution is 2.29. The van der Waals surface area contributed by atoms with Gasteiger partial charge in [-0.2, -0.15) is 0 Å². The van der Waals surface area contributed by atoms with Crippen LogP contribution in [0.5, 0.6) is 0 Å². The normalized spacial score (nSPS) is 10.5. The number of nitrogens with zero attached hydrogens (tertiary/aromatic N) is 1. The summed E-state index contributed by atoms with van der Waals surface area (Å²) in [7, 11) is 1.73. The molecule has 0 fully saturated rings. The Kier molecular flexibility index (Phi) is 2.87. The molecule has 0 radical (unpaired) electrons. The van der Waals surface area contributed by atoms with Crippen LogP contribution in [0.15, 0.2) is 0 Å². The number of anilines is 1. The molecule has 0 aliphatic carbocycles. The molecule has 0 spiro atoms. The molecule has 0 amide bonds. The lowest BCUT2D eigenvalue weighted by Gasteiger charge is -1.99. The molecule has 1 aromatic rings. The van der Waals surface area contributed by atoms with Crippen LogP contribution in [-0.2, 0) is 0 Å². The molecule has 0 atom stereocenters. The van der Waals surface area contributed by atoms with Crippen molar-refractivity contribution in [1.29, 1.82) is 0 Å². The van der Waals surface area contributed by atoms with Crippen LogP contribution in [0, 0.1) is 0 Å². The van der Waals surface area contributed by atoms with Gasteiger partial charge < -0.3 is 10.4 Å². The zero-order valence-electron chi connectivity index (χ0n) is 7.79. The highest BCUT2D eigenvalue weighted by atomic mass is 32.1. The van der Waals surface area contributed by atoms with E-state index in [1.165, 1.54) is 11.3 Å². The van der Waals surface area contributed by atoms with Gasteiger partial charge in [0.25, 0.3) is 0 Å². The lowest BCUT2D eigenvalue weighted by molar-refractivity contribution is 0.0690. The number of carbonyl (C=O) groups is 1. The average Bonchev–Trinajstić information content (AvgIpc) is 2.47. The first-order chi connectivity index (χ1) is 6.06. The van der Waals surface area contributed by atoms with Crippen molar-refractivity contribution in [2.45, 2.75) is 19.8 Å². The van der Waals surface area contributed by atoms with E-state index in [4.69, 9.17) is 5.11 Å². The monoisotopic (exact) mass is 200 g/mol.